The summed E-state index contributed by atoms with van der Waals surface area (Å²) in [6.07, 6.45) is 0. The zero-order chi connectivity index (χ0) is 22.1. The van der Waals surface area contributed by atoms with Crippen LogP contribution in [-0.2, 0) is 22.1 Å². The van der Waals surface area contributed by atoms with Crippen LogP contribution in [0.25, 0.3) is 0 Å². The average Bonchev–Trinajstić information content (AvgIpc) is 2.74. The van der Waals surface area contributed by atoms with Crippen LogP contribution in [0.2, 0.25) is 0 Å². The topological polar surface area (TPSA) is 66.5 Å². The first-order chi connectivity index (χ1) is 14.8. The van der Waals surface area contributed by atoms with Crippen molar-refractivity contribution in [3.8, 4) is 0 Å². The Labute approximate surface area is 182 Å². The average molecular weight is 437 g/mol. The van der Waals surface area contributed by atoms with E-state index in [0.717, 1.165) is 16.7 Å². The van der Waals surface area contributed by atoms with Crippen LogP contribution in [0.1, 0.15) is 27.0 Å². The van der Waals surface area contributed by atoms with E-state index in [0.29, 0.717) is 21.8 Å². The summed E-state index contributed by atoms with van der Waals surface area (Å²) >= 11 is 0. The van der Waals surface area contributed by atoms with Crippen molar-refractivity contribution in [2.24, 2.45) is 0 Å². The number of halogens is 1. The fraction of sp³-hybridized carbons (Fsp3) is 0.167. The number of hydrogen-bond acceptors (Lipinski definition) is 3. The predicted molar refractivity (Wildman–Crippen MR) is 119 cm³/mol. The summed E-state index contributed by atoms with van der Waals surface area (Å²) in [4.78, 5) is 27.5. The molecule has 0 aromatic heterocycles. The van der Waals surface area contributed by atoms with Crippen molar-refractivity contribution >= 4 is 34.0 Å². The van der Waals surface area contributed by atoms with Crippen LogP contribution in [0.5, 0.6) is 0 Å². The highest BCUT2D eigenvalue weighted by Gasteiger charge is 2.30. The van der Waals surface area contributed by atoms with Gasteiger partial charge in [0.1, 0.15) is 11.6 Å². The molecular weight excluding hydrogens is 415 g/mol. The van der Waals surface area contributed by atoms with Crippen LogP contribution in [0.4, 0.5) is 15.8 Å². The quantitative estimate of drug-likeness (QED) is 0.661. The Morgan fingerprint density at radius 3 is 2.52 bits per heavy atom. The van der Waals surface area contributed by atoms with Crippen molar-refractivity contribution < 1.29 is 18.2 Å². The van der Waals surface area contributed by atoms with Gasteiger partial charge >= 0.3 is 0 Å². The summed E-state index contributed by atoms with van der Waals surface area (Å²) in [7, 11) is -1.48. The number of hydrogen-bond donors (Lipinski definition) is 1. The minimum atomic E-state index is -1.48. The first kappa shape index (κ1) is 20.9. The first-order valence-electron chi connectivity index (χ1n) is 9.77. The summed E-state index contributed by atoms with van der Waals surface area (Å²) in [5.41, 5.74) is 4.28. The molecule has 0 radical (unpaired) electrons. The zero-order valence-electron chi connectivity index (χ0n) is 17.1. The molecule has 3 aromatic rings. The number of anilines is 2. The summed E-state index contributed by atoms with van der Waals surface area (Å²) in [5, 5.41) is 2.89. The molecule has 2 amide bonds. The molecular formula is C24H21FN2O3S. The number of carbonyl (C=O) groups excluding carboxylic acids is 2. The number of nitrogens with one attached hydrogen (secondary N) is 1. The van der Waals surface area contributed by atoms with Crippen LogP contribution in [0, 0.1) is 19.7 Å². The maximum atomic E-state index is 13.2. The molecule has 1 aliphatic heterocycles. The van der Waals surface area contributed by atoms with Crippen molar-refractivity contribution in [1.82, 2.24) is 0 Å². The number of fused-ring (bicyclic) bond motifs is 1. The van der Waals surface area contributed by atoms with E-state index in [1.54, 1.807) is 30.3 Å². The van der Waals surface area contributed by atoms with Gasteiger partial charge < -0.3 is 10.2 Å². The fourth-order valence-electron chi connectivity index (χ4n) is 3.56. The lowest BCUT2D eigenvalue weighted by Gasteiger charge is -2.29. The normalized spacial score (nSPS) is 15.5. The molecule has 0 fully saturated rings. The molecule has 158 valence electrons. The Hall–Kier alpha value is -3.32. The molecule has 1 N–H and O–H groups in total. The smallest absolute Gasteiger partial charge is 0.255 e. The number of aryl methyl sites for hydroxylation is 2. The second kappa shape index (κ2) is 8.43. The molecule has 0 bridgehead atoms. The fourth-order valence-corrected chi connectivity index (χ4v) is 4.72. The van der Waals surface area contributed by atoms with E-state index >= 15 is 0 Å². The highest BCUT2D eigenvalue weighted by atomic mass is 32.2. The SMILES string of the molecule is Cc1ccc(NC(=O)c2ccc3c(c2)N(Cc2ccc(F)cc2)C(=O)C[S@@]3=O)c(C)c1. The Morgan fingerprint density at radius 2 is 1.81 bits per heavy atom. The van der Waals surface area contributed by atoms with Crippen LogP contribution in [-0.4, -0.2) is 21.8 Å². The maximum absolute atomic E-state index is 13.2. The van der Waals surface area contributed by atoms with Gasteiger partial charge in [-0.1, -0.05) is 29.8 Å². The standard InChI is InChI=1S/C24H21FN2O3S/c1-15-3-9-20(16(2)11-15)26-24(29)18-6-10-22-21(12-18)27(23(28)14-31(22)30)13-17-4-7-19(25)8-5-17/h3-12H,13-14H2,1-2H3,(H,26,29)/t31-/m0/s1. The summed E-state index contributed by atoms with van der Waals surface area (Å²) in [6, 6.07) is 16.4. The molecule has 31 heavy (non-hydrogen) atoms. The van der Waals surface area contributed by atoms with Gasteiger partial charge in [0.15, 0.2) is 0 Å². The van der Waals surface area contributed by atoms with Gasteiger partial charge in [0, 0.05) is 11.3 Å². The number of nitrogens with zero attached hydrogens (tertiary/aromatic N) is 1. The van der Waals surface area contributed by atoms with E-state index in [1.807, 2.05) is 32.0 Å². The summed E-state index contributed by atoms with van der Waals surface area (Å²) in [6.45, 7) is 4.10. The van der Waals surface area contributed by atoms with Gasteiger partial charge in [-0.05, 0) is 61.4 Å². The molecule has 3 aromatic carbocycles. The van der Waals surface area contributed by atoms with Gasteiger partial charge in [0.25, 0.3) is 5.91 Å². The lowest BCUT2D eigenvalue weighted by molar-refractivity contribution is -0.116. The summed E-state index contributed by atoms with van der Waals surface area (Å²) in [5.74, 6) is -1.11. The van der Waals surface area contributed by atoms with Gasteiger partial charge in [-0.15, -0.1) is 0 Å². The lowest BCUT2D eigenvalue weighted by Crippen LogP contribution is -2.38. The Bertz CT molecular complexity index is 1210. The van der Waals surface area contributed by atoms with Gasteiger partial charge in [0.05, 0.1) is 27.9 Å². The zero-order valence-corrected chi connectivity index (χ0v) is 18.0. The van der Waals surface area contributed by atoms with E-state index in [9.17, 15) is 18.2 Å². The van der Waals surface area contributed by atoms with E-state index in [2.05, 4.69) is 5.32 Å². The largest absolute Gasteiger partial charge is 0.322 e. The number of amides is 2. The minimum absolute atomic E-state index is 0.123. The third-order valence-corrected chi connectivity index (χ3v) is 6.54. The molecule has 0 unspecified atom stereocenters. The van der Waals surface area contributed by atoms with Crippen LogP contribution >= 0.6 is 0 Å². The number of rotatable bonds is 4. The monoisotopic (exact) mass is 436 g/mol. The van der Waals surface area contributed by atoms with E-state index in [-0.39, 0.29) is 29.9 Å². The Kier molecular flexibility index (Phi) is 5.69. The van der Waals surface area contributed by atoms with Crippen molar-refractivity contribution in [2.45, 2.75) is 25.3 Å². The second-order valence-corrected chi connectivity index (χ2v) is 8.97. The highest BCUT2D eigenvalue weighted by molar-refractivity contribution is 7.86. The predicted octanol–water partition coefficient (Wildman–Crippen LogP) is 4.35. The first-order valence-corrected chi connectivity index (χ1v) is 11.1. The second-order valence-electron chi connectivity index (χ2n) is 7.55. The molecule has 4 rings (SSSR count). The third-order valence-electron chi connectivity index (χ3n) is 5.20. The van der Waals surface area contributed by atoms with Crippen LogP contribution in [0.15, 0.2) is 65.6 Å². The van der Waals surface area contributed by atoms with Crippen LogP contribution in [0.3, 0.4) is 0 Å². The van der Waals surface area contributed by atoms with Crippen molar-refractivity contribution in [1.29, 1.82) is 0 Å². The van der Waals surface area contributed by atoms with Gasteiger partial charge in [-0.2, -0.15) is 0 Å². The lowest BCUT2D eigenvalue weighted by atomic mass is 10.1. The van der Waals surface area contributed by atoms with Gasteiger partial charge in [0.2, 0.25) is 5.91 Å². The minimum Gasteiger partial charge on any atom is -0.322 e. The van der Waals surface area contributed by atoms with Gasteiger partial charge in [-0.25, -0.2) is 4.39 Å². The molecule has 0 aliphatic carbocycles. The number of benzene rings is 3. The highest BCUT2D eigenvalue weighted by Crippen LogP contribution is 2.32. The van der Waals surface area contributed by atoms with E-state index in [1.165, 1.54) is 17.0 Å². The molecule has 7 heteroatoms. The molecule has 5 nitrogen and oxygen atoms in total. The van der Waals surface area contributed by atoms with Gasteiger partial charge in [-0.3, -0.25) is 13.8 Å². The van der Waals surface area contributed by atoms with E-state index < -0.39 is 10.8 Å². The van der Waals surface area contributed by atoms with Crippen molar-refractivity contribution in [3.05, 3.63) is 88.7 Å². The van der Waals surface area contributed by atoms with Crippen LogP contribution < -0.4 is 10.2 Å². The molecule has 1 atom stereocenters. The Balaban J connectivity index is 1.66. The molecule has 0 saturated carbocycles. The van der Waals surface area contributed by atoms with Crippen molar-refractivity contribution in [3.63, 3.8) is 0 Å². The maximum Gasteiger partial charge on any atom is 0.255 e. The molecule has 1 aliphatic rings. The molecule has 1 heterocycles. The van der Waals surface area contributed by atoms with Crippen molar-refractivity contribution in [2.75, 3.05) is 16.0 Å². The summed E-state index contributed by atoms with van der Waals surface area (Å²) < 4.78 is 25.7. The number of carbonyl (C=O) groups is 2. The molecule has 0 spiro atoms. The van der Waals surface area contributed by atoms with E-state index in [4.69, 9.17) is 0 Å². The molecule has 0 saturated heterocycles. The third kappa shape index (κ3) is 4.41. The Morgan fingerprint density at radius 1 is 1.06 bits per heavy atom.